The van der Waals surface area contributed by atoms with Crippen LogP contribution in [0, 0.1) is 24.1 Å². The van der Waals surface area contributed by atoms with Crippen molar-refractivity contribution in [2.45, 2.75) is 26.8 Å². The Bertz CT molecular complexity index is 1450. The van der Waals surface area contributed by atoms with Crippen molar-refractivity contribution in [1.82, 2.24) is 25.1 Å². The van der Waals surface area contributed by atoms with Gasteiger partial charge >= 0.3 is 0 Å². The van der Waals surface area contributed by atoms with Crippen LogP contribution in [0.5, 0.6) is 0 Å². The predicted molar refractivity (Wildman–Crippen MR) is 138 cm³/mol. The molecule has 1 aliphatic rings. The zero-order valence-corrected chi connectivity index (χ0v) is 21.2. The summed E-state index contributed by atoms with van der Waals surface area (Å²) >= 11 is 1.01. The van der Waals surface area contributed by atoms with Gasteiger partial charge in [0.2, 0.25) is 0 Å². The van der Waals surface area contributed by atoms with E-state index in [4.69, 9.17) is 10.1 Å². The van der Waals surface area contributed by atoms with E-state index in [-0.39, 0.29) is 10.0 Å². The SMILES string of the molecule is CCn1nc2c(C)cc(N3CCNCC3)nc2c1N(CC(F)F)c1nc(-c2ccc(F)cc2)c(C#N)s1. The fraction of sp³-hybridized carbons (Fsp3) is 0.360. The maximum atomic E-state index is 14.0. The fourth-order valence-electron chi connectivity index (χ4n) is 4.46. The van der Waals surface area contributed by atoms with Gasteiger partial charge in [-0.05, 0) is 49.7 Å². The number of rotatable bonds is 7. The van der Waals surface area contributed by atoms with Crippen LogP contribution in [0.2, 0.25) is 0 Å². The van der Waals surface area contributed by atoms with Gasteiger partial charge in [0.25, 0.3) is 6.43 Å². The highest BCUT2D eigenvalue weighted by Gasteiger charge is 2.28. The number of anilines is 3. The number of nitriles is 1. The summed E-state index contributed by atoms with van der Waals surface area (Å²) in [6, 6.07) is 9.67. The van der Waals surface area contributed by atoms with Gasteiger partial charge < -0.3 is 10.2 Å². The minimum absolute atomic E-state index is 0.222. The molecule has 4 heterocycles. The number of thiazole rings is 1. The number of hydrogen-bond acceptors (Lipinski definition) is 8. The highest BCUT2D eigenvalue weighted by Crippen LogP contribution is 2.39. The molecule has 0 saturated carbocycles. The van der Waals surface area contributed by atoms with Crippen LogP contribution in [0.4, 0.5) is 29.9 Å². The first-order chi connectivity index (χ1) is 17.9. The summed E-state index contributed by atoms with van der Waals surface area (Å²) in [5, 5.41) is 18.0. The molecule has 1 aromatic carbocycles. The number of nitrogens with one attached hydrogen (secondary N) is 1. The number of nitrogens with zero attached hydrogens (tertiary/aromatic N) is 7. The number of aryl methyl sites for hydroxylation is 2. The number of aromatic nitrogens is 4. The van der Waals surface area contributed by atoms with Gasteiger partial charge in [0.05, 0.1) is 6.54 Å². The Morgan fingerprint density at radius 2 is 1.89 bits per heavy atom. The number of hydrogen-bond donors (Lipinski definition) is 1. The van der Waals surface area contributed by atoms with Crippen LogP contribution in [0.1, 0.15) is 17.4 Å². The molecule has 0 bridgehead atoms. The van der Waals surface area contributed by atoms with E-state index in [1.54, 1.807) is 4.68 Å². The molecule has 0 amide bonds. The third-order valence-corrected chi connectivity index (χ3v) is 7.21. The Balaban J connectivity index is 1.68. The van der Waals surface area contributed by atoms with Gasteiger partial charge in [0, 0.05) is 38.3 Å². The van der Waals surface area contributed by atoms with Gasteiger partial charge in [0.15, 0.2) is 10.9 Å². The number of benzene rings is 1. The van der Waals surface area contributed by atoms with Gasteiger partial charge in [-0.2, -0.15) is 10.4 Å². The van der Waals surface area contributed by atoms with Gasteiger partial charge in [-0.3, -0.25) is 4.90 Å². The quantitative estimate of drug-likeness (QED) is 0.373. The molecular weight excluding hydrogens is 501 g/mol. The van der Waals surface area contributed by atoms with Crippen LogP contribution in [-0.4, -0.2) is 58.9 Å². The Hall–Kier alpha value is -3.69. The van der Waals surface area contributed by atoms with E-state index in [0.29, 0.717) is 34.7 Å². The summed E-state index contributed by atoms with van der Waals surface area (Å²) in [4.78, 5) is 13.3. The van der Waals surface area contributed by atoms with Gasteiger partial charge in [-0.15, -0.1) is 0 Å². The van der Waals surface area contributed by atoms with Crippen molar-refractivity contribution in [3.63, 3.8) is 0 Å². The summed E-state index contributed by atoms with van der Waals surface area (Å²) < 4.78 is 43.1. The molecular formula is C25H25F3N8S. The van der Waals surface area contributed by atoms with Crippen molar-refractivity contribution in [3.8, 4) is 17.3 Å². The average Bonchev–Trinajstić information content (AvgIpc) is 3.50. The molecule has 5 rings (SSSR count). The molecule has 0 aliphatic carbocycles. The zero-order chi connectivity index (χ0) is 26.1. The van der Waals surface area contributed by atoms with E-state index < -0.39 is 18.8 Å². The molecule has 8 nitrogen and oxygen atoms in total. The van der Waals surface area contributed by atoms with Crippen LogP contribution in [-0.2, 0) is 6.54 Å². The van der Waals surface area contributed by atoms with Crippen molar-refractivity contribution < 1.29 is 13.2 Å². The minimum Gasteiger partial charge on any atom is -0.354 e. The van der Waals surface area contributed by atoms with Crippen LogP contribution < -0.4 is 15.1 Å². The van der Waals surface area contributed by atoms with Crippen LogP contribution in [0.15, 0.2) is 30.3 Å². The maximum absolute atomic E-state index is 14.0. The number of pyridine rings is 1. The lowest BCUT2D eigenvalue weighted by Gasteiger charge is -2.29. The zero-order valence-electron chi connectivity index (χ0n) is 20.4. The summed E-state index contributed by atoms with van der Waals surface area (Å²) in [6.07, 6.45) is -2.68. The molecule has 1 N–H and O–H groups in total. The van der Waals surface area contributed by atoms with E-state index in [1.807, 2.05) is 19.9 Å². The average molecular weight is 527 g/mol. The molecule has 192 valence electrons. The van der Waals surface area contributed by atoms with Crippen LogP contribution in [0.3, 0.4) is 0 Å². The number of fused-ring (bicyclic) bond motifs is 1. The normalized spacial score (nSPS) is 13.9. The molecule has 0 atom stereocenters. The van der Waals surface area contributed by atoms with E-state index in [1.165, 1.54) is 29.2 Å². The second-order valence-corrected chi connectivity index (χ2v) is 9.64. The molecule has 4 aromatic rings. The fourth-order valence-corrected chi connectivity index (χ4v) is 5.36. The van der Waals surface area contributed by atoms with Crippen molar-refractivity contribution in [1.29, 1.82) is 5.26 Å². The molecule has 0 spiro atoms. The van der Waals surface area contributed by atoms with E-state index >= 15 is 0 Å². The first-order valence-electron chi connectivity index (χ1n) is 12.0. The first-order valence-corrected chi connectivity index (χ1v) is 12.8. The smallest absolute Gasteiger partial charge is 0.256 e. The Morgan fingerprint density at radius 3 is 2.54 bits per heavy atom. The summed E-state index contributed by atoms with van der Waals surface area (Å²) in [6.45, 7) is 6.83. The lowest BCUT2D eigenvalue weighted by Crippen LogP contribution is -2.43. The summed E-state index contributed by atoms with van der Waals surface area (Å²) in [7, 11) is 0. The Labute approximate surface area is 216 Å². The molecule has 1 saturated heterocycles. The lowest BCUT2D eigenvalue weighted by molar-refractivity contribution is 0.157. The number of alkyl halides is 2. The summed E-state index contributed by atoms with van der Waals surface area (Å²) in [5.41, 5.74) is 2.88. The predicted octanol–water partition coefficient (Wildman–Crippen LogP) is 4.71. The van der Waals surface area contributed by atoms with Crippen molar-refractivity contribution in [2.75, 3.05) is 42.5 Å². The van der Waals surface area contributed by atoms with Crippen LogP contribution >= 0.6 is 11.3 Å². The van der Waals surface area contributed by atoms with E-state index in [0.717, 1.165) is 48.9 Å². The topological polar surface area (TPSA) is 85.9 Å². The minimum atomic E-state index is -2.68. The largest absolute Gasteiger partial charge is 0.354 e. The second kappa shape index (κ2) is 10.4. The Morgan fingerprint density at radius 1 is 1.16 bits per heavy atom. The van der Waals surface area contributed by atoms with Crippen LogP contribution in [0.25, 0.3) is 22.3 Å². The molecule has 37 heavy (non-hydrogen) atoms. The maximum Gasteiger partial charge on any atom is 0.256 e. The highest BCUT2D eigenvalue weighted by atomic mass is 32.1. The summed E-state index contributed by atoms with van der Waals surface area (Å²) in [5.74, 6) is 0.753. The standard InChI is InChI=1S/C25H25F3N8S/c1-3-36-24(23-21(33-36)15(2)12-20(31-23)34-10-8-30-9-11-34)35(14-19(27)28)25-32-22(18(13-29)37-25)16-4-6-17(26)7-5-16/h4-7,12,19,30H,3,8-11,14H2,1-2H3. The molecule has 1 fully saturated rings. The number of piperazine rings is 1. The van der Waals surface area contributed by atoms with Gasteiger partial charge in [-0.25, -0.2) is 27.8 Å². The van der Waals surface area contributed by atoms with Crippen molar-refractivity contribution in [3.05, 3.63) is 46.6 Å². The lowest BCUT2D eigenvalue weighted by atomic mass is 10.1. The van der Waals surface area contributed by atoms with E-state index in [9.17, 15) is 18.4 Å². The highest BCUT2D eigenvalue weighted by molar-refractivity contribution is 7.16. The van der Waals surface area contributed by atoms with E-state index in [2.05, 4.69) is 21.3 Å². The van der Waals surface area contributed by atoms with Gasteiger partial charge in [-0.1, -0.05) is 11.3 Å². The number of halogens is 3. The molecule has 3 aromatic heterocycles. The molecule has 1 aliphatic heterocycles. The van der Waals surface area contributed by atoms with Crippen molar-refractivity contribution in [2.24, 2.45) is 0 Å². The monoisotopic (exact) mass is 526 g/mol. The molecule has 0 unspecified atom stereocenters. The Kier molecular flexibility index (Phi) is 6.99. The molecule has 0 radical (unpaired) electrons. The van der Waals surface area contributed by atoms with Gasteiger partial charge in [0.1, 0.15) is 39.3 Å². The first kappa shape index (κ1) is 25.0. The van der Waals surface area contributed by atoms with Crippen molar-refractivity contribution >= 4 is 39.1 Å². The molecule has 12 heteroatoms. The third-order valence-electron chi connectivity index (χ3n) is 6.23. The third kappa shape index (κ3) is 4.84. The second-order valence-electron chi connectivity index (χ2n) is 8.67.